The van der Waals surface area contributed by atoms with Crippen LogP contribution in [-0.2, 0) is 23.8 Å². The number of anilines is 2. The van der Waals surface area contributed by atoms with E-state index in [2.05, 4.69) is 35.5 Å². The van der Waals surface area contributed by atoms with Gasteiger partial charge in [-0.1, -0.05) is 37.5 Å². The monoisotopic (exact) mass is 583 g/mol. The van der Waals surface area contributed by atoms with Gasteiger partial charge >= 0.3 is 0 Å². The van der Waals surface area contributed by atoms with E-state index >= 15 is 0 Å². The highest BCUT2D eigenvalue weighted by Gasteiger charge is 2.36. The number of phenols is 1. The van der Waals surface area contributed by atoms with Crippen molar-refractivity contribution >= 4 is 77.7 Å². The molecule has 13 nitrogen and oxygen atoms in total. The van der Waals surface area contributed by atoms with Gasteiger partial charge in [-0.2, -0.15) is 20.1 Å². The standard InChI is InChI=1S/C20H14Cl2N6O7S2/c1-36(34-33-35-36)14-8-10-7-12(37(30,31)32)9-13(23-20-25-18(21)24-19(22)26-20)15(10)17(29)16(14)28-27-11-5-3-2-4-6-11/h2-9,29H,1H3,(H,30,31,32)(H,23,24,25,26)/p-1. The number of benzene rings is 3. The lowest BCUT2D eigenvalue weighted by Gasteiger charge is -2.42. The van der Waals surface area contributed by atoms with Gasteiger partial charge in [0.25, 0.3) is 0 Å². The topological polar surface area (TPSA) is 181 Å². The summed E-state index contributed by atoms with van der Waals surface area (Å²) in [5, 5.41) is 26.6. The first-order valence-electron chi connectivity index (χ1n) is 9.97. The number of nitrogens with one attached hydrogen (secondary N) is 1. The van der Waals surface area contributed by atoms with E-state index in [1.54, 1.807) is 36.6 Å². The third-order valence-electron chi connectivity index (χ3n) is 4.98. The van der Waals surface area contributed by atoms with Crippen LogP contribution in [0, 0.1) is 0 Å². The highest BCUT2D eigenvalue weighted by Crippen LogP contribution is 2.66. The molecule has 37 heavy (non-hydrogen) atoms. The molecule has 2 heterocycles. The summed E-state index contributed by atoms with van der Waals surface area (Å²) in [7, 11) is -7.48. The first kappa shape index (κ1) is 25.5. The van der Waals surface area contributed by atoms with Crippen molar-refractivity contribution in [1.29, 1.82) is 0 Å². The average molecular weight is 584 g/mol. The molecule has 4 aromatic rings. The van der Waals surface area contributed by atoms with Crippen molar-refractivity contribution in [3.63, 3.8) is 0 Å². The van der Waals surface area contributed by atoms with Crippen molar-refractivity contribution in [2.45, 2.75) is 9.79 Å². The fourth-order valence-corrected chi connectivity index (χ4v) is 5.47. The minimum Gasteiger partial charge on any atom is -0.744 e. The third kappa shape index (κ3) is 5.16. The molecule has 0 unspecified atom stereocenters. The van der Waals surface area contributed by atoms with Crippen LogP contribution in [0.3, 0.4) is 0 Å². The zero-order chi connectivity index (χ0) is 26.4. The van der Waals surface area contributed by atoms with Crippen molar-refractivity contribution in [2.75, 3.05) is 11.6 Å². The molecule has 1 aliphatic rings. The van der Waals surface area contributed by atoms with Crippen LogP contribution in [0.25, 0.3) is 10.8 Å². The Kier molecular flexibility index (Phi) is 6.63. The summed E-state index contributed by atoms with van der Waals surface area (Å²) in [6, 6.07) is 12.2. The highest BCUT2D eigenvalue weighted by molar-refractivity contribution is 8.25. The molecule has 5 rings (SSSR count). The Morgan fingerprint density at radius 3 is 2.30 bits per heavy atom. The smallest absolute Gasteiger partial charge is 0.232 e. The average Bonchev–Trinajstić information content (AvgIpc) is 2.81. The first-order chi connectivity index (χ1) is 17.5. The molecule has 1 aromatic heterocycles. The van der Waals surface area contributed by atoms with Crippen molar-refractivity contribution in [3.05, 3.63) is 59.1 Å². The van der Waals surface area contributed by atoms with Crippen LogP contribution in [0.1, 0.15) is 0 Å². The van der Waals surface area contributed by atoms with Crippen molar-refractivity contribution in [1.82, 2.24) is 15.0 Å². The molecule has 192 valence electrons. The van der Waals surface area contributed by atoms with Crippen LogP contribution in [0.5, 0.6) is 5.75 Å². The summed E-state index contributed by atoms with van der Waals surface area (Å²) in [4.78, 5) is 11.0. The number of hydrogen-bond acceptors (Lipinski definition) is 13. The van der Waals surface area contributed by atoms with E-state index in [1.165, 1.54) is 6.07 Å². The summed E-state index contributed by atoms with van der Waals surface area (Å²) in [6.45, 7) is 0. The van der Waals surface area contributed by atoms with Gasteiger partial charge in [0.15, 0.2) is 11.4 Å². The maximum absolute atomic E-state index is 11.9. The van der Waals surface area contributed by atoms with Crippen molar-refractivity contribution in [3.8, 4) is 5.75 Å². The van der Waals surface area contributed by atoms with E-state index in [0.717, 1.165) is 12.1 Å². The molecule has 1 fully saturated rings. The number of hydrogen-bond donors (Lipinski definition) is 2. The Hall–Kier alpha value is -3.15. The van der Waals surface area contributed by atoms with Crippen LogP contribution < -0.4 is 5.32 Å². The first-order valence-corrected chi connectivity index (χ1v) is 14.0. The van der Waals surface area contributed by atoms with Gasteiger partial charge in [-0.05, 0) is 64.0 Å². The minimum absolute atomic E-state index is 0.0501. The van der Waals surface area contributed by atoms with E-state index < -0.39 is 31.4 Å². The summed E-state index contributed by atoms with van der Waals surface area (Å²) in [5.74, 6) is -0.622. The molecule has 0 bridgehead atoms. The summed E-state index contributed by atoms with van der Waals surface area (Å²) in [5.41, 5.74) is 0.363. The molecule has 0 spiro atoms. The van der Waals surface area contributed by atoms with E-state index in [9.17, 15) is 18.1 Å². The van der Waals surface area contributed by atoms with Crippen LogP contribution in [0.4, 0.5) is 23.0 Å². The Bertz CT molecular complexity index is 1650. The maximum Gasteiger partial charge on any atom is 0.232 e. The number of halogens is 2. The second kappa shape index (κ2) is 9.62. The van der Waals surface area contributed by atoms with Crippen LogP contribution >= 0.6 is 33.8 Å². The predicted octanol–water partition coefficient (Wildman–Crippen LogP) is 5.62. The Morgan fingerprint density at radius 2 is 1.70 bits per heavy atom. The molecule has 0 radical (unpaired) electrons. The molecule has 1 saturated heterocycles. The molecule has 3 aromatic carbocycles. The van der Waals surface area contributed by atoms with Crippen LogP contribution in [0.2, 0.25) is 10.6 Å². The predicted molar refractivity (Wildman–Crippen MR) is 132 cm³/mol. The Balaban J connectivity index is 1.78. The minimum atomic E-state index is -4.93. The van der Waals surface area contributed by atoms with E-state index in [0.29, 0.717) is 5.69 Å². The number of fused-ring (bicyclic) bond motifs is 1. The zero-order valence-corrected chi connectivity index (χ0v) is 21.5. The number of phenolic OH excluding ortho intramolecular Hbond substituents is 1. The molecular formula is C20H13Cl2N6O7S2-. The molecule has 0 saturated carbocycles. The zero-order valence-electron chi connectivity index (χ0n) is 18.3. The van der Waals surface area contributed by atoms with Gasteiger partial charge in [0.1, 0.15) is 10.1 Å². The molecular weight excluding hydrogens is 571 g/mol. The molecule has 2 N–H and O–H groups in total. The summed E-state index contributed by atoms with van der Waals surface area (Å²) < 4.78 is 46.1. The molecule has 1 aliphatic heterocycles. The Labute approximate surface area is 220 Å². The fourth-order valence-electron chi connectivity index (χ4n) is 3.37. The van der Waals surface area contributed by atoms with Gasteiger partial charge < -0.3 is 15.0 Å². The summed E-state index contributed by atoms with van der Waals surface area (Å²) >= 11 is 11.7. The number of rotatable bonds is 6. The molecule has 0 aliphatic carbocycles. The van der Waals surface area contributed by atoms with Gasteiger partial charge in [0, 0.05) is 11.6 Å². The second-order valence-electron chi connectivity index (χ2n) is 7.43. The van der Waals surface area contributed by atoms with Crippen molar-refractivity contribution in [2.24, 2.45) is 10.2 Å². The van der Waals surface area contributed by atoms with Crippen LogP contribution in [-0.4, -0.2) is 39.3 Å². The third-order valence-corrected chi connectivity index (χ3v) is 7.87. The van der Waals surface area contributed by atoms with E-state index in [4.69, 9.17) is 31.9 Å². The number of aromatic hydroxyl groups is 1. The van der Waals surface area contributed by atoms with E-state index in [1.807, 2.05) is 0 Å². The lowest BCUT2D eigenvalue weighted by atomic mass is 10.1. The largest absolute Gasteiger partial charge is 0.744 e. The second-order valence-corrected chi connectivity index (χ2v) is 11.7. The maximum atomic E-state index is 11.9. The Morgan fingerprint density at radius 1 is 1.03 bits per heavy atom. The SMILES string of the molecule is CS1(c2cc3cc(S(=O)(=O)[O-])cc(Nc4nc(Cl)nc(Cl)n4)c3c(O)c2N=Nc2ccccc2)OOO1. The number of aromatic nitrogens is 3. The quantitative estimate of drug-likeness (QED) is 0.163. The lowest BCUT2D eigenvalue weighted by molar-refractivity contribution is -0.470. The van der Waals surface area contributed by atoms with Gasteiger partial charge in [-0.25, -0.2) is 8.42 Å². The van der Waals surface area contributed by atoms with Gasteiger partial charge in [-0.15, -0.1) is 5.11 Å². The van der Waals surface area contributed by atoms with Gasteiger partial charge in [-0.3, -0.25) is 0 Å². The fraction of sp³-hybridized carbons (Fsp3) is 0.0500. The molecule has 0 atom stereocenters. The lowest BCUT2D eigenvalue weighted by Crippen LogP contribution is -2.18. The van der Waals surface area contributed by atoms with Crippen LogP contribution in [0.15, 0.2) is 68.6 Å². The molecule has 0 amide bonds. The van der Waals surface area contributed by atoms with Gasteiger partial charge in [0.05, 0.1) is 21.2 Å². The normalized spacial score (nSPS) is 16.0. The van der Waals surface area contributed by atoms with E-state index in [-0.39, 0.29) is 43.6 Å². The summed E-state index contributed by atoms with van der Waals surface area (Å²) in [6.07, 6.45) is 1.56. The number of nitrogens with zero attached hydrogens (tertiary/aromatic N) is 5. The van der Waals surface area contributed by atoms with Gasteiger partial charge in [0.2, 0.25) is 16.5 Å². The molecule has 17 heteroatoms. The highest BCUT2D eigenvalue weighted by atomic mass is 35.5. The van der Waals surface area contributed by atoms with Crippen molar-refractivity contribution < 1.29 is 31.8 Å². The number of azo groups is 1.